The van der Waals surface area contributed by atoms with Gasteiger partial charge in [0.1, 0.15) is 0 Å². The molecule has 1 aromatic heterocycles. The molecule has 0 bridgehead atoms. The minimum absolute atomic E-state index is 0.228. The third-order valence-electron chi connectivity index (χ3n) is 5.43. The molecule has 0 spiro atoms. The lowest BCUT2D eigenvalue weighted by molar-refractivity contribution is 0.0610. The van der Waals surface area contributed by atoms with Crippen molar-refractivity contribution in [1.29, 1.82) is 0 Å². The van der Waals surface area contributed by atoms with Gasteiger partial charge in [-0.25, -0.2) is 0 Å². The SMILES string of the molecule is O=C1c2cccc3cccc(c23)C(=O)N1CCCNc1ccnc2cc(Cl)ccc12. The molecule has 148 valence electrons. The molecule has 2 amide bonds. The number of imide groups is 1. The van der Waals surface area contributed by atoms with E-state index in [1.165, 1.54) is 4.90 Å². The molecular weight excluding hydrogens is 398 g/mol. The van der Waals surface area contributed by atoms with Crippen molar-refractivity contribution in [1.82, 2.24) is 9.88 Å². The predicted octanol–water partition coefficient (Wildman–Crippen LogP) is 5.14. The van der Waals surface area contributed by atoms with E-state index in [2.05, 4.69) is 10.3 Å². The van der Waals surface area contributed by atoms with Gasteiger partial charge >= 0.3 is 0 Å². The van der Waals surface area contributed by atoms with Crippen LogP contribution < -0.4 is 5.32 Å². The summed E-state index contributed by atoms with van der Waals surface area (Å²) in [6.07, 6.45) is 2.36. The van der Waals surface area contributed by atoms with Crippen molar-refractivity contribution in [3.05, 3.63) is 83.0 Å². The number of nitrogens with zero attached hydrogens (tertiary/aromatic N) is 2. The van der Waals surface area contributed by atoms with Gasteiger partial charge in [-0.1, -0.05) is 35.9 Å². The highest BCUT2D eigenvalue weighted by Crippen LogP contribution is 2.30. The Bertz CT molecular complexity index is 1270. The summed E-state index contributed by atoms with van der Waals surface area (Å²) in [5.41, 5.74) is 2.95. The second kappa shape index (κ2) is 7.43. The van der Waals surface area contributed by atoms with Crippen LogP contribution in [0.3, 0.4) is 0 Å². The van der Waals surface area contributed by atoms with Gasteiger partial charge in [0.2, 0.25) is 0 Å². The monoisotopic (exact) mass is 415 g/mol. The Labute approximate surface area is 178 Å². The molecule has 4 aromatic rings. The number of carbonyl (C=O) groups is 2. The smallest absolute Gasteiger partial charge is 0.261 e. The van der Waals surface area contributed by atoms with Gasteiger partial charge in [0.15, 0.2) is 0 Å². The van der Waals surface area contributed by atoms with Gasteiger partial charge < -0.3 is 5.32 Å². The molecule has 0 radical (unpaired) electrons. The predicted molar refractivity (Wildman–Crippen MR) is 119 cm³/mol. The number of halogens is 1. The number of anilines is 1. The molecule has 0 aliphatic carbocycles. The largest absolute Gasteiger partial charge is 0.384 e. The van der Waals surface area contributed by atoms with Crippen LogP contribution in [0.4, 0.5) is 5.69 Å². The maximum absolute atomic E-state index is 12.9. The summed E-state index contributed by atoms with van der Waals surface area (Å²) in [5, 5.41) is 6.68. The van der Waals surface area contributed by atoms with E-state index in [1.54, 1.807) is 18.3 Å². The van der Waals surface area contributed by atoms with Crippen LogP contribution in [-0.4, -0.2) is 34.8 Å². The number of hydrogen-bond acceptors (Lipinski definition) is 4. The Balaban J connectivity index is 1.31. The fraction of sp³-hybridized carbons (Fsp3) is 0.125. The molecule has 1 N–H and O–H groups in total. The number of nitrogens with one attached hydrogen (secondary N) is 1. The molecule has 0 fully saturated rings. The zero-order valence-corrected chi connectivity index (χ0v) is 16.8. The summed E-state index contributed by atoms with van der Waals surface area (Å²) < 4.78 is 0. The fourth-order valence-corrected chi connectivity index (χ4v) is 4.19. The van der Waals surface area contributed by atoms with Crippen molar-refractivity contribution in [2.75, 3.05) is 18.4 Å². The second-order valence-corrected chi connectivity index (χ2v) is 7.71. The second-order valence-electron chi connectivity index (χ2n) is 7.27. The molecule has 5 nitrogen and oxygen atoms in total. The Kier molecular flexibility index (Phi) is 4.60. The molecule has 5 rings (SSSR count). The van der Waals surface area contributed by atoms with Gasteiger partial charge in [0, 0.05) is 51.9 Å². The topological polar surface area (TPSA) is 62.3 Å². The third-order valence-corrected chi connectivity index (χ3v) is 5.67. The van der Waals surface area contributed by atoms with E-state index in [0.717, 1.165) is 27.4 Å². The minimum Gasteiger partial charge on any atom is -0.384 e. The van der Waals surface area contributed by atoms with Gasteiger partial charge in [0.05, 0.1) is 5.52 Å². The van der Waals surface area contributed by atoms with Crippen molar-refractivity contribution in [2.45, 2.75) is 6.42 Å². The van der Waals surface area contributed by atoms with Crippen LogP contribution in [0.2, 0.25) is 5.02 Å². The number of carbonyl (C=O) groups excluding carboxylic acids is 2. The molecule has 3 aromatic carbocycles. The van der Waals surface area contributed by atoms with Crippen LogP contribution in [-0.2, 0) is 0 Å². The van der Waals surface area contributed by atoms with Crippen molar-refractivity contribution in [3.8, 4) is 0 Å². The number of pyridine rings is 1. The first kappa shape index (κ1) is 18.6. The summed E-state index contributed by atoms with van der Waals surface area (Å²) in [7, 11) is 0. The van der Waals surface area contributed by atoms with Crippen molar-refractivity contribution in [2.24, 2.45) is 0 Å². The summed E-state index contributed by atoms with van der Waals surface area (Å²) in [4.78, 5) is 31.6. The van der Waals surface area contributed by atoms with E-state index < -0.39 is 0 Å². The number of rotatable bonds is 5. The lowest BCUT2D eigenvalue weighted by Gasteiger charge is -2.27. The van der Waals surface area contributed by atoms with Crippen molar-refractivity contribution < 1.29 is 9.59 Å². The Morgan fingerprint density at radius 3 is 2.40 bits per heavy atom. The van der Waals surface area contributed by atoms with Crippen molar-refractivity contribution in [3.63, 3.8) is 0 Å². The molecular formula is C24H18ClN3O2. The first-order valence-corrected chi connectivity index (χ1v) is 10.2. The summed E-state index contributed by atoms with van der Waals surface area (Å²) in [5.74, 6) is -0.457. The number of amides is 2. The van der Waals surface area contributed by atoms with Gasteiger partial charge in [-0.05, 0) is 48.2 Å². The normalized spacial score (nSPS) is 13.3. The molecule has 0 unspecified atom stereocenters. The summed E-state index contributed by atoms with van der Waals surface area (Å²) in [6, 6.07) is 18.6. The number of benzene rings is 3. The van der Waals surface area contributed by atoms with E-state index in [0.29, 0.717) is 35.7 Å². The van der Waals surface area contributed by atoms with Gasteiger partial charge in [0.25, 0.3) is 11.8 Å². The lowest BCUT2D eigenvalue weighted by Crippen LogP contribution is -2.41. The summed E-state index contributed by atoms with van der Waals surface area (Å²) >= 11 is 6.05. The number of fused-ring (bicyclic) bond motifs is 1. The van der Waals surface area contributed by atoms with Crippen LogP contribution in [0.15, 0.2) is 66.9 Å². The van der Waals surface area contributed by atoms with Crippen LogP contribution in [0.1, 0.15) is 27.1 Å². The van der Waals surface area contributed by atoms with E-state index >= 15 is 0 Å². The van der Waals surface area contributed by atoms with Gasteiger partial charge in [-0.15, -0.1) is 0 Å². The maximum Gasteiger partial charge on any atom is 0.261 e. The number of aromatic nitrogens is 1. The number of hydrogen-bond donors (Lipinski definition) is 1. The third kappa shape index (κ3) is 3.08. The Morgan fingerprint density at radius 1 is 0.933 bits per heavy atom. The van der Waals surface area contributed by atoms with Gasteiger partial charge in [-0.3, -0.25) is 19.5 Å². The highest BCUT2D eigenvalue weighted by Gasteiger charge is 2.32. The molecule has 1 aliphatic heterocycles. The Hall–Kier alpha value is -3.44. The average Bonchev–Trinajstić information content (AvgIpc) is 2.76. The average molecular weight is 416 g/mol. The Morgan fingerprint density at radius 2 is 1.67 bits per heavy atom. The highest BCUT2D eigenvalue weighted by atomic mass is 35.5. The molecule has 2 heterocycles. The van der Waals surface area contributed by atoms with Crippen LogP contribution in [0, 0.1) is 0 Å². The molecule has 0 atom stereocenters. The summed E-state index contributed by atoms with van der Waals surface area (Å²) in [6.45, 7) is 0.967. The van der Waals surface area contributed by atoms with Gasteiger partial charge in [-0.2, -0.15) is 0 Å². The molecule has 0 saturated heterocycles. The van der Waals surface area contributed by atoms with E-state index in [1.807, 2.05) is 48.5 Å². The molecule has 30 heavy (non-hydrogen) atoms. The first-order chi connectivity index (χ1) is 14.6. The first-order valence-electron chi connectivity index (χ1n) is 9.79. The minimum atomic E-state index is -0.228. The van der Waals surface area contributed by atoms with E-state index in [9.17, 15) is 9.59 Å². The molecule has 0 saturated carbocycles. The van der Waals surface area contributed by atoms with E-state index in [-0.39, 0.29) is 11.8 Å². The highest BCUT2D eigenvalue weighted by molar-refractivity contribution is 6.31. The zero-order chi connectivity index (χ0) is 20.7. The van der Waals surface area contributed by atoms with E-state index in [4.69, 9.17) is 11.6 Å². The lowest BCUT2D eigenvalue weighted by atomic mass is 9.94. The standard InChI is InChI=1S/C24H18ClN3O2/c25-16-8-9-17-20(10-12-27-21(17)14-16)26-11-3-13-28-23(29)18-6-1-4-15-5-2-7-19(22(15)18)24(28)30/h1-2,4-10,12,14H,3,11,13H2,(H,26,27). The fourth-order valence-electron chi connectivity index (χ4n) is 4.02. The van der Waals surface area contributed by atoms with Crippen LogP contribution >= 0.6 is 11.6 Å². The van der Waals surface area contributed by atoms with Crippen molar-refractivity contribution >= 4 is 50.8 Å². The van der Waals surface area contributed by atoms with Crippen LogP contribution in [0.5, 0.6) is 0 Å². The zero-order valence-electron chi connectivity index (χ0n) is 16.1. The quantitative estimate of drug-likeness (QED) is 0.362. The van der Waals surface area contributed by atoms with Crippen LogP contribution in [0.25, 0.3) is 21.7 Å². The molecule has 1 aliphatic rings. The maximum atomic E-state index is 12.9. The molecule has 6 heteroatoms.